The van der Waals surface area contributed by atoms with Gasteiger partial charge in [0.15, 0.2) is 0 Å². The number of nitrogens with zero attached hydrogens (tertiary/aromatic N) is 1. The van der Waals surface area contributed by atoms with E-state index in [1.54, 1.807) is 31.2 Å². The lowest BCUT2D eigenvalue weighted by atomic mass is 9.96. The molecule has 0 bridgehead atoms. The number of carboxylic acids is 1. The molecule has 6 heteroatoms. The number of benzene rings is 1. The second-order valence-corrected chi connectivity index (χ2v) is 3.84. The largest absolute Gasteiger partial charge is 0.480 e. The average molecular weight is 238 g/mol. The van der Waals surface area contributed by atoms with Crippen molar-refractivity contribution in [2.75, 3.05) is 0 Å². The highest BCUT2D eigenvalue weighted by Gasteiger charge is 2.29. The van der Waals surface area contributed by atoms with Crippen molar-refractivity contribution in [2.45, 2.75) is 25.4 Å². The van der Waals surface area contributed by atoms with Gasteiger partial charge >= 0.3 is 5.97 Å². The van der Waals surface area contributed by atoms with E-state index in [0.29, 0.717) is 5.56 Å². The Morgan fingerprint density at radius 1 is 1.53 bits per heavy atom. The van der Waals surface area contributed by atoms with Crippen LogP contribution in [-0.2, 0) is 4.79 Å². The van der Waals surface area contributed by atoms with Gasteiger partial charge in [-0.05, 0) is 12.5 Å². The van der Waals surface area contributed by atoms with Crippen LogP contribution < -0.4 is 5.73 Å². The first kappa shape index (κ1) is 13.1. The Kier molecular flexibility index (Phi) is 4.17. The van der Waals surface area contributed by atoms with E-state index in [2.05, 4.69) is 0 Å². The average Bonchev–Trinajstić information content (AvgIpc) is 2.26. The number of aryl methyl sites for hydroxylation is 1. The summed E-state index contributed by atoms with van der Waals surface area (Å²) in [4.78, 5) is 21.1. The minimum Gasteiger partial charge on any atom is -0.480 e. The van der Waals surface area contributed by atoms with Gasteiger partial charge in [0.2, 0.25) is 6.04 Å². The van der Waals surface area contributed by atoms with E-state index in [0.717, 1.165) is 5.56 Å². The van der Waals surface area contributed by atoms with Crippen LogP contribution in [-0.4, -0.2) is 22.0 Å². The molecule has 1 rings (SSSR count). The lowest BCUT2D eigenvalue weighted by Crippen LogP contribution is -2.33. The number of nitro groups is 1. The number of aliphatic carboxylic acids is 1. The Balaban J connectivity index is 2.99. The molecule has 92 valence electrons. The van der Waals surface area contributed by atoms with Gasteiger partial charge in [0.05, 0.1) is 0 Å². The molecule has 0 aromatic heterocycles. The van der Waals surface area contributed by atoms with Crippen molar-refractivity contribution in [3.05, 3.63) is 45.5 Å². The van der Waals surface area contributed by atoms with E-state index in [-0.39, 0.29) is 6.42 Å². The zero-order valence-corrected chi connectivity index (χ0v) is 9.37. The lowest BCUT2D eigenvalue weighted by molar-refractivity contribution is -0.530. The molecular weight excluding hydrogens is 224 g/mol. The van der Waals surface area contributed by atoms with E-state index >= 15 is 0 Å². The number of hydrogen-bond donors (Lipinski definition) is 2. The molecule has 0 aliphatic rings. The van der Waals surface area contributed by atoms with Crippen molar-refractivity contribution in [2.24, 2.45) is 5.73 Å². The normalized spacial score (nSPS) is 14.0. The van der Waals surface area contributed by atoms with Crippen LogP contribution in [0.25, 0.3) is 0 Å². The summed E-state index contributed by atoms with van der Waals surface area (Å²) < 4.78 is 0. The standard InChI is InChI=1S/C11H14N2O4/c1-7-4-2-3-5-8(7)10(13(16)17)6-9(12)11(14)15/h2-5,9-10H,6,12H2,1H3,(H,14,15)/t9-,10?/m0/s1. The predicted octanol–water partition coefficient (Wildman–Crippen LogP) is 1.11. The smallest absolute Gasteiger partial charge is 0.320 e. The second kappa shape index (κ2) is 5.40. The van der Waals surface area contributed by atoms with Gasteiger partial charge in [-0.3, -0.25) is 14.9 Å². The van der Waals surface area contributed by atoms with Gasteiger partial charge in [0.25, 0.3) is 0 Å². The summed E-state index contributed by atoms with van der Waals surface area (Å²) in [5.41, 5.74) is 6.60. The molecule has 1 aromatic rings. The third-order valence-corrected chi connectivity index (χ3v) is 2.60. The maximum Gasteiger partial charge on any atom is 0.320 e. The third-order valence-electron chi connectivity index (χ3n) is 2.60. The van der Waals surface area contributed by atoms with Gasteiger partial charge in [-0.2, -0.15) is 0 Å². The minimum atomic E-state index is -1.23. The Morgan fingerprint density at radius 3 is 2.59 bits per heavy atom. The number of hydrogen-bond acceptors (Lipinski definition) is 4. The molecule has 2 atom stereocenters. The molecule has 0 heterocycles. The third kappa shape index (κ3) is 3.25. The summed E-state index contributed by atoms with van der Waals surface area (Å²) in [5, 5.41) is 19.6. The molecule has 0 aliphatic heterocycles. The molecule has 0 saturated heterocycles. The fourth-order valence-corrected chi connectivity index (χ4v) is 1.63. The van der Waals surface area contributed by atoms with Crippen molar-refractivity contribution in [1.82, 2.24) is 0 Å². The van der Waals surface area contributed by atoms with E-state index < -0.39 is 23.0 Å². The van der Waals surface area contributed by atoms with Crippen LogP contribution in [0, 0.1) is 17.0 Å². The highest BCUT2D eigenvalue weighted by Crippen LogP contribution is 2.24. The van der Waals surface area contributed by atoms with Crippen molar-refractivity contribution in [3.63, 3.8) is 0 Å². The SMILES string of the molecule is Cc1ccccc1C(C[C@H](N)C(=O)O)[N+](=O)[O-]. The molecule has 0 radical (unpaired) electrons. The van der Waals surface area contributed by atoms with E-state index in [1.165, 1.54) is 0 Å². The van der Waals surface area contributed by atoms with Crippen LogP contribution in [0.5, 0.6) is 0 Å². The molecule has 0 saturated carbocycles. The summed E-state index contributed by atoms with van der Waals surface area (Å²) in [7, 11) is 0. The highest BCUT2D eigenvalue weighted by molar-refractivity contribution is 5.73. The van der Waals surface area contributed by atoms with Crippen molar-refractivity contribution < 1.29 is 14.8 Å². The summed E-state index contributed by atoms with van der Waals surface area (Å²) >= 11 is 0. The van der Waals surface area contributed by atoms with Crippen LogP contribution in [0.4, 0.5) is 0 Å². The molecule has 0 aliphatic carbocycles. The molecule has 3 N–H and O–H groups in total. The molecule has 6 nitrogen and oxygen atoms in total. The molecule has 17 heavy (non-hydrogen) atoms. The molecule has 1 aromatic carbocycles. The second-order valence-electron chi connectivity index (χ2n) is 3.84. The van der Waals surface area contributed by atoms with Crippen molar-refractivity contribution in [3.8, 4) is 0 Å². The zero-order chi connectivity index (χ0) is 13.0. The first-order chi connectivity index (χ1) is 7.93. The number of rotatable bonds is 5. The predicted molar refractivity (Wildman–Crippen MR) is 61.1 cm³/mol. The minimum absolute atomic E-state index is 0.215. The quantitative estimate of drug-likeness (QED) is 0.590. The summed E-state index contributed by atoms with van der Waals surface area (Å²) in [6.45, 7) is 1.75. The summed E-state index contributed by atoms with van der Waals surface area (Å²) in [6.07, 6.45) is -0.215. The Hall–Kier alpha value is -1.95. The Labute approximate surface area is 98.2 Å². The summed E-state index contributed by atoms with van der Waals surface area (Å²) in [5.74, 6) is -1.23. The van der Waals surface area contributed by atoms with Gasteiger partial charge in [0, 0.05) is 16.9 Å². The maximum atomic E-state index is 11.0. The first-order valence-corrected chi connectivity index (χ1v) is 5.11. The molecular formula is C11H14N2O4. The highest BCUT2D eigenvalue weighted by atomic mass is 16.6. The van der Waals surface area contributed by atoms with E-state index in [4.69, 9.17) is 10.8 Å². The fourth-order valence-electron chi connectivity index (χ4n) is 1.63. The summed E-state index contributed by atoms with van der Waals surface area (Å²) in [6, 6.07) is 4.51. The number of carbonyl (C=O) groups is 1. The monoisotopic (exact) mass is 238 g/mol. The Morgan fingerprint density at radius 2 is 2.12 bits per heavy atom. The van der Waals surface area contributed by atoms with E-state index in [1.807, 2.05) is 0 Å². The van der Waals surface area contributed by atoms with Crippen LogP contribution in [0.15, 0.2) is 24.3 Å². The first-order valence-electron chi connectivity index (χ1n) is 5.11. The number of nitrogens with two attached hydrogens (primary N) is 1. The van der Waals surface area contributed by atoms with Gasteiger partial charge in [0.1, 0.15) is 6.04 Å². The van der Waals surface area contributed by atoms with Crippen LogP contribution in [0.2, 0.25) is 0 Å². The molecule has 1 unspecified atom stereocenters. The molecule has 0 amide bonds. The molecule has 0 spiro atoms. The lowest BCUT2D eigenvalue weighted by Gasteiger charge is -2.14. The van der Waals surface area contributed by atoms with Crippen LogP contribution >= 0.6 is 0 Å². The van der Waals surface area contributed by atoms with Gasteiger partial charge in [-0.1, -0.05) is 24.3 Å². The van der Waals surface area contributed by atoms with Gasteiger partial charge in [-0.15, -0.1) is 0 Å². The number of carboxylic acid groups (broad SMARTS) is 1. The van der Waals surface area contributed by atoms with Crippen LogP contribution in [0.3, 0.4) is 0 Å². The van der Waals surface area contributed by atoms with Gasteiger partial charge < -0.3 is 10.8 Å². The topological polar surface area (TPSA) is 106 Å². The fraction of sp³-hybridized carbons (Fsp3) is 0.364. The Bertz CT molecular complexity index is 433. The van der Waals surface area contributed by atoms with Gasteiger partial charge in [-0.25, -0.2) is 0 Å². The maximum absolute atomic E-state index is 11.0. The van der Waals surface area contributed by atoms with E-state index in [9.17, 15) is 14.9 Å². The molecule has 0 fully saturated rings. The van der Waals surface area contributed by atoms with Crippen molar-refractivity contribution >= 4 is 5.97 Å². The zero-order valence-electron chi connectivity index (χ0n) is 9.37. The van der Waals surface area contributed by atoms with Crippen molar-refractivity contribution in [1.29, 1.82) is 0 Å². The van der Waals surface area contributed by atoms with Crippen LogP contribution in [0.1, 0.15) is 23.6 Å².